The molecule has 0 spiro atoms. The van der Waals surface area contributed by atoms with Crippen LogP contribution < -0.4 is 0 Å². The van der Waals surface area contributed by atoms with Gasteiger partial charge >= 0.3 is 0 Å². The molecule has 0 N–H and O–H groups in total. The molecule has 0 bridgehead atoms. The second kappa shape index (κ2) is 6.01. The van der Waals surface area contributed by atoms with Crippen LogP contribution in [0.25, 0.3) is 0 Å². The lowest BCUT2D eigenvalue weighted by atomic mass is 9.51. The highest BCUT2D eigenvalue weighted by molar-refractivity contribution is 4.97. The zero-order chi connectivity index (χ0) is 14.2. The van der Waals surface area contributed by atoms with Crippen molar-refractivity contribution in [2.75, 3.05) is 0 Å². The standard InChI is InChI=1S/C20H36/c1-15(16-9-5-4-6-10-16)18-14-13-17-11-7-8-12-19(17)20(18,2)3/h15-19H,4-14H2,1-3H3. The first kappa shape index (κ1) is 14.9. The Labute approximate surface area is 127 Å². The van der Waals surface area contributed by atoms with Gasteiger partial charge in [0.25, 0.3) is 0 Å². The summed E-state index contributed by atoms with van der Waals surface area (Å²) in [6.45, 7) is 7.89. The van der Waals surface area contributed by atoms with E-state index < -0.39 is 0 Å². The highest BCUT2D eigenvalue weighted by Crippen LogP contribution is 2.56. The van der Waals surface area contributed by atoms with Gasteiger partial charge in [0.05, 0.1) is 0 Å². The minimum Gasteiger partial charge on any atom is -0.0620 e. The van der Waals surface area contributed by atoms with E-state index in [4.69, 9.17) is 0 Å². The maximum Gasteiger partial charge on any atom is -0.0292 e. The van der Waals surface area contributed by atoms with Crippen molar-refractivity contribution in [2.45, 2.75) is 91.4 Å². The largest absolute Gasteiger partial charge is 0.0620 e. The Morgan fingerprint density at radius 3 is 2.15 bits per heavy atom. The highest BCUT2D eigenvalue weighted by Gasteiger charge is 2.48. The van der Waals surface area contributed by atoms with E-state index in [-0.39, 0.29) is 0 Å². The second-order valence-corrected chi connectivity index (χ2v) is 8.91. The molecular formula is C20H36. The van der Waals surface area contributed by atoms with Gasteiger partial charge in [-0.05, 0) is 54.3 Å². The number of hydrogen-bond acceptors (Lipinski definition) is 0. The second-order valence-electron chi connectivity index (χ2n) is 8.91. The summed E-state index contributed by atoms with van der Waals surface area (Å²) in [5.74, 6) is 5.15. The molecule has 116 valence electrons. The topological polar surface area (TPSA) is 0 Å². The van der Waals surface area contributed by atoms with Gasteiger partial charge in [0.2, 0.25) is 0 Å². The zero-order valence-corrected chi connectivity index (χ0v) is 14.2. The zero-order valence-electron chi connectivity index (χ0n) is 14.2. The van der Waals surface area contributed by atoms with Gasteiger partial charge in [0.1, 0.15) is 0 Å². The molecule has 3 fully saturated rings. The molecule has 0 saturated heterocycles. The van der Waals surface area contributed by atoms with Gasteiger partial charge in [0, 0.05) is 0 Å². The molecule has 0 nitrogen and oxygen atoms in total. The molecule has 3 aliphatic rings. The van der Waals surface area contributed by atoms with Crippen molar-refractivity contribution in [2.24, 2.45) is 35.0 Å². The lowest BCUT2D eigenvalue weighted by Crippen LogP contribution is -2.46. The lowest BCUT2D eigenvalue weighted by Gasteiger charge is -2.54. The average molecular weight is 277 g/mol. The SMILES string of the molecule is CC(C1CCCCC1)C1CCC2CCCCC2C1(C)C. The fraction of sp³-hybridized carbons (Fsp3) is 1.00. The van der Waals surface area contributed by atoms with Crippen LogP contribution in [0.1, 0.15) is 91.4 Å². The highest BCUT2D eigenvalue weighted by atomic mass is 14.5. The van der Waals surface area contributed by atoms with Gasteiger partial charge in [0.15, 0.2) is 0 Å². The number of fused-ring (bicyclic) bond motifs is 1. The molecule has 3 rings (SSSR count). The predicted molar refractivity (Wildman–Crippen MR) is 87.7 cm³/mol. The van der Waals surface area contributed by atoms with E-state index in [1.807, 2.05) is 0 Å². The summed E-state index contributed by atoms with van der Waals surface area (Å²) in [7, 11) is 0. The molecule has 0 aromatic carbocycles. The average Bonchev–Trinajstić information content (AvgIpc) is 2.48. The van der Waals surface area contributed by atoms with Gasteiger partial charge in [-0.25, -0.2) is 0 Å². The van der Waals surface area contributed by atoms with Crippen LogP contribution in [0.2, 0.25) is 0 Å². The smallest absolute Gasteiger partial charge is 0.0292 e. The predicted octanol–water partition coefficient (Wildman–Crippen LogP) is 6.45. The van der Waals surface area contributed by atoms with Gasteiger partial charge in [-0.15, -0.1) is 0 Å². The van der Waals surface area contributed by atoms with Gasteiger partial charge in [-0.2, -0.15) is 0 Å². The Balaban J connectivity index is 1.72. The third-order valence-electron chi connectivity index (χ3n) is 7.70. The van der Waals surface area contributed by atoms with Crippen molar-refractivity contribution in [1.29, 1.82) is 0 Å². The molecule has 0 heteroatoms. The van der Waals surface area contributed by atoms with E-state index in [9.17, 15) is 0 Å². The molecule has 0 amide bonds. The van der Waals surface area contributed by atoms with Crippen LogP contribution in [-0.4, -0.2) is 0 Å². The van der Waals surface area contributed by atoms with E-state index in [1.54, 1.807) is 12.8 Å². The maximum atomic E-state index is 2.64. The fourth-order valence-electron chi connectivity index (χ4n) is 6.50. The minimum absolute atomic E-state index is 0.611. The lowest BCUT2D eigenvalue weighted by molar-refractivity contribution is -0.0502. The summed E-state index contributed by atoms with van der Waals surface area (Å²) in [5.41, 5.74) is 0.611. The summed E-state index contributed by atoms with van der Waals surface area (Å²) >= 11 is 0. The maximum absolute atomic E-state index is 2.64. The molecule has 0 aliphatic heterocycles. The van der Waals surface area contributed by atoms with Crippen molar-refractivity contribution >= 4 is 0 Å². The Kier molecular flexibility index (Phi) is 4.48. The van der Waals surface area contributed by atoms with E-state index in [1.165, 1.54) is 57.8 Å². The van der Waals surface area contributed by atoms with Crippen LogP contribution in [-0.2, 0) is 0 Å². The molecule has 20 heavy (non-hydrogen) atoms. The molecule has 4 unspecified atom stereocenters. The van der Waals surface area contributed by atoms with Gasteiger partial charge in [-0.3, -0.25) is 0 Å². The first-order valence-corrected chi connectivity index (χ1v) is 9.60. The molecule has 3 aliphatic carbocycles. The van der Waals surface area contributed by atoms with Crippen molar-refractivity contribution in [3.05, 3.63) is 0 Å². The Morgan fingerprint density at radius 1 is 0.750 bits per heavy atom. The number of rotatable bonds is 2. The summed E-state index contributed by atoms with van der Waals surface area (Å²) in [6.07, 6.45) is 16.8. The summed E-state index contributed by atoms with van der Waals surface area (Å²) in [4.78, 5) is 0. The van der Waals surface area contributed by atoms with Crippen LogP contribution in [0.4, 0.5) is 0 Å². The first-order chi connectivity index (χ1) is 9.60. The summed E-state index contributed by atoms with van der Waals surface area (Å²) in [5, 5.41) is 0. The van der Waals surface area contributed by atoms with E-state index in [2.05, 4.69) is 20.8 Å². The fourth-order valence-corrected chi connectivity index (χ4v) is 6.50. The Morgan fingerprint density at radius 2 is 1.40 bits per heavy atom. The molecule has 3 saturated carbocycles. The van der Waals surface area contributed by atoms with Gasteiger partial charge < -0.3 is 0 Å². The van der Waals surface area contributed by atoms with Crippen molar-refractivity contribution in [3.63, 3.8) is 0 Å². The third-order valence-corrected chi connectivity index (χ3v) is 7.70. The van der Waals surface area contributed by atoms with E-state index in [0.717, 1.165) is 29.6 Å². The van der Waals surface area contributed by atoms with Crippen LogP contribution >= 0.6 is 0 Å². The summed E-state index contributed by atoms with van der Waals surface area (Å²) < 4.78 is 0. The van der Waals surface area contributed by atoms with Crippen molar-refractivity contribution in [1.82, 2.24) is 0 Å². The van der Waals surface area contributed by atoms with Crippen LogP contribution in [0.5, 0.6) is 0 Å². The monoisotopic (exact) mass is 276 g/mol. The Bertz CT molecular complexity index is 310. The molecule has 0 heterocycles. The van der Waals surface area contributed by atoms with Crippen molar-refractivity contribution in [3.8, 4) is 0 Å². The minimum atomic E-state index is 0.611. The van der Waals surface area contributed by atoms with Crippen LogP contribution in [0.3, 0.4) is 0 Å². The molecule has 0 aromatic rings. The quantitative estimate of drug-likeness (QED) is 0.544. The van der Waals surface area contributed by atoms with Crippen LogP contribution in [0.15, 0.2) is 0 Å². The first-order valence-electron chi connectivity index (χ1n) is 9.60. The molecule has 0 radical (unpaired) electrons. The normalized spacial score (nSPS) is 40.0. The van der Waals surface area contributed by atoms with Crippen molar-refractivity contribution < 1.29 is 0 Å². The molecular weight excluding hydrogens is 240 g/mol. The van der Waals surface area contributed by atoms with Crippen LogP contribution in [0, 0.1) is 35.0 Å². The van der Waals surface area contributed by atoms with E-state index >= 15 is 0 Å². The number of hydrogen-bond donors (Lipinski definition) is 0. The molecule has 4 atom stereocenters. The third kappa shape index (κ3) is 2.69. The van der Waals surface area contributed by atoms with Gasteiger partial charge in [-0.1, -0.05) is 72.1 Å². The molecule has 0 aromatic heterocycles. The Hall–Kier alpha value is 0. The summed E-state index contributed by atoms with van der Waals surface area (Å²) in [6, 6.07) is 0. The van der Waals surface area contributed by atoms with E-state index in [0.29, 0.717) is 5.41 Å².